The van der Waals surface area contributed by atoms with E-state index >= 15 is 0 Å². The van der Waals surface area contributed by atoms with Crippen LogP contribution >= 0.6 is 0 Å². The number of rotatable bonds is 5. The van der Waals surface area contributed by atoms with E-state index in [-0.39, 0.29) is 11.9 Å². The molecule has 2 saturated heterocycles. The molecule has 1 amide bonds. The Kier molecular flexibility index (Phi) is 5.84. The van der Waals surface area contributed by atoms with E-state index in [0.717, 1.165) is 30.9 Å². The summed E-state index contributed by atoms with van der Waals surface area (Å²) in [6.45, 7) is 5.36. The quantitative estimate of drug-likeness (QED) is 0.787. The van der Waals surface area contributed by atoms with E-state index < -0.39 is 0 Å². The first-order valence-electron chi connectivity index (χ1n) is 9.52. The zero-order chi connectivity index (χ0) is 19.3. The van der Waals surface area contributed by atoms with Gasteiger partial charge in [0.25, 0.3) is 0 Å². The van der Waals surface area contributed by atoms with Crippen molar-refractivity contribution in [3.8, 4) is 17.1 Å². The lowest BCUT2D eigenvalue weighted by atomic mass is 10.2. The van der Waals surface area contributed by atoms with Gasteiger partial charge in [-0.15, -0.1) is 0 Å². The molecule has 0 radical (unpaired) electrons. The number of nitrogens with one attached hydrogen (secondary N) is 1. The number of amides is 1. The molecule has 0 aliphatic carbocycles. The minimum Gasteiger partial charge on any atom is -0.497 e. The van der Waals surface area contributed by atoms with Crippen molar-refractivity contribution in [3.63, 3.8) is 0 Å². The Hall–Kier alpha value is -2.49. The molecule has 1 atom stereocenters. The molecule has 9 heteroatoms. The molecule has 150 valence electrons. The number of hydrogen-bond acceptors (Lipinski definition) is 8. The molecule has 2 fully saturated rings. The van der Waals surface area contributed by atoms with Crippen molar-refractivity contribution >= 4 is 5.91 Å². The van der Waals surface area contributed by atoms with Crippen molar-refractivity contribution in [1.82, 2.24) is 25.3 Å². The number of morpholine rings is 1. The Morgan fingerprint density at radius 3 is 2.71 bits per heavy atom. The van der Waals surface area contributed by atoms with E-state index in [1.54, 1.807) is 7.11 Å². The largest absolute Gasteiger partial charge is 0.497 e. The lowest BCUT2D eigenvalue weighted by Crippen LogP contribution is -2.57. The van der Waals surface area contributed by atoms with E-state index in [0.29, 0.717) is 44.6 Å². The summed E-state index contributed by atoms with van der Waals surface area (Å²) in [6, 6.07) is 7.33. The van der Waals surface area contributed by atoms with Crippen LogP contribution in [-0.4, -0.2) is 84.9 Å². The third kappa shape index (κ3) is 4.32. The van der Waals surface area contributed by atoms with Crippen LogP contribution in [0.2, 0.25) is 0 Å². The Bertz CT molecular complexity index is 780. The summed E-state index contributed by atoms with van der Waals surface area (Å²) in [7, 11) is 1.63. The Morgan fingerprint density at radius 1 is 1.25 bits per heavy atom. The summed E-state index contributed by atoms with van der Waals surface area (Å²) < 4.78 is 16.0. The van der Waals surface area contributed by atoms with Crippen molar-refractivity contribution in [3.05, 3.63) is 30.2 Å². The minimum absolute atomic E-state index is 0.124. The second-order valence-electron chi connectivity index (χ2n) is 6.92. The average Bonchev–Trinajstić information content (AvgIpc) is 3.23. The van der Waals surface area contributed by atoms with E-state index in [2.05, 4.69) is 20.4 Å². The van der Waals surface area contributed by atoms with Crippen LogP contribution in [0, 0.1) is 0 Å². The third-order valence-electron chi connectivity index (χ3n) is 5.08. The second-order valence-corrected chi connectivity index (χ2v) is 6.92. The van der Waals surface area contributed by atoms with Crippen LogP contribution in [-0.2, 0) is 16.1 Å². The molecule has 4 rings (SSSR count). The predicted molar refractivity (Wildman–Crippen MR) is 101 cm³/mol. The minimum atomic E-state index is -0.219. The molecule has 1 aromatic heterocycles. The van der Waals surface area contributed by atoms with Crippen molar-refractivity contribution in [1.29, 1.82) is 0 Å². The third-order valence-corrected chi connectivity index (χ3v) is 5.08. The molecule has 0 bridgehead atoms. The summed E-state index contributed by atoms with van der Waals surface area (Å²) in [5, 5.41) is 7.29. The molecule has 3 heterocycles. The number of methoxy groups -OCH3 is 1. The summed E-state index contributed by atoms with van der Waals surface area (Å²) in [5.41, 5.74) is 0.883. The fourth-order valence-corrected chi connectivity index (χ4v) is 3.44. The molecule has 28 heavy (non-hydrogen) atoms. The second kappa shape index (κ2) is 8.68. The molecule has 2 aromatic rings. The molecule has 1 N–H and O–H groups in total. The lowest BCUT2D eigenvalue weighted by Gasteiger charge is -2.36. The molecule has 0 spiro atoms. The zero-order valence-corrected chi connectivity index (χ0v) is 16.0. The van der Waals surface area contributed by atoms with Gasteiger partial charge in [-0.05, 0) is 24.3 Å². The molecule has 1 aromatic carbocycles. The number of aromatic nitrogens is 2. The number of hydrogen-bond donors (Lipinski definition) is 1. The van der Waals surface area contributed by atoms with Crippen LogP contribution in [0.5, 0.6) is 5.75 Å². The lowest BCUT2D eigenvalue weighted by molar-refractivity contribution is -0.138. The zero-order valence-electron chi connectivity index (χ0n) is 16.0. The molecule has 2 aliphatic heterocycles. The number of carbonyl (C=O) groups excluding carboxylic acids is 1. The Balaban J connectivity index is 1.29. The smallest absolute Gasteiger partial charge is 0.242 e. The Morgan fingerprint density at radius 2 is 2.04 bits per heavy atom. The Labute approximate surface area is 163 Å². The first-order valence-corrected chi connectivity index (χ1v) is 9.52. The van der Waals surface area contributed by atoms with Gasteiger partial charge in [-0.1, -0.05) is 5.16 Å². The highest BCUT2D eigenvalue weighted by Crippen LogP contribution is 2.20. The van der Waals surface area contributed by atoms with Gasteiger partial charge >= 0.3 is 0 Å². The first-order chi connectivity index (χ1) is 13.7. The summed E-state index contributed by atoms with van der Waals surface area (Å²) in [4.78, 5) is 21.2. The summed E-state index contributed by atoms with van der Waals surface area (Å²) >= 11 is 0. The van der Waals surface area contributed by atoms with Crippen LogP contribution < -0.4 is 10.1 Å². The van der Waals surface area contributed by atoms with Crippen molar-refractivity contribution in [2.24, 2.45) is 0 Å². The van der Waals surface area contributed by atoms with Gasteiger partial charge < -0.3 is 24.2 Å². The number of nitrogens with zero attached hydrogens (tertiary/aromatic N) is 4. The normalized spacial score (nSPS) is 20.9. The maximum Gasteiger partial charge on any atom is 0.242 e. The number of carbonyl (C=O) groups is 1. The molecule has 0 saturated carbocycles. The van der Waals surface area contributed by atoms with Gasteiger partial charge in [0.2, 0.25) is 17.6 Å². The van der Waals surface area contributed by atoms with Gasteiger partial charge in [0.05, 0.1) is 26.9 Å². The highest BCUT2D eigenvalue weighted by atomic mass is 16.5. The monoisotopic (exact) mass is 387 g/mol. The number of piperazine rings is 1. The van der Waals surface area contributed by atoms with E-state index in [4.69, 9.17) is 14.0 Å². The maximum absolute atomic E-state index is 12.5. The van der Waals surface area contributed by atoms with Crippen LogP contribution in [0.1, 0.15) is 5.89 Å². The van der Waals surface area contributed by atoms with E-state index in [1.807, 2.05) is 29.2 Å². The topological polar surface area (TPSA) is 93.0 Å². The first kappa shape index (κ1) is 18.9. The molecular weight excluding hydrogens is 362 g/mol. The SMILES string of the molecule is COc1ccc(-c2noc(CN3CCN(C(=O)C4COCCN4)CC3)n2)cc1. The van der Waals surface area contributed by atoms with Gasteiger partial charge in [-0.2, -0.15) is 4.98 Å². The van der Waals surface area contributed by atoms with E-state index in [9.17, 15) is 4.79 Å². The highest BCUT2D eigenvalue weighted by Gasteiger charge is 2.29. The maximum atomic E-state index is 12.5. The van der Waals surface area contributed by atoms with Gasteiger partial charge in [0.1, 0.15) is 11.8 Å². The van der Waals surface area contributed by atoms with Gasteiger partial charge in [0, 0.05) is 38.3 Å². The van der Waals surface area contributed by atoms with Gasteiger partial charge in [-0.25, -0.2) is 0 Å². The summed E-state index contributed by atoms with van der Waals surface area (Å²) in [6.07, 6.45) is 0. The molecule has 1 unspecified atom stereocenters. The fraction of sp³-hybridized carbons (Fsp3) is 0.526. The van der Waals surface area contributed by atoms with Crippen LogP contribution in [0.15, 0.2) is 28.8 Å². The van der Waals surface area contributed by atoms with Crippen molar-refractivity contribution in [2.75, 3.05) is 53.0 Å². The van der Waals surface area contributed by atoms with Crippen LogP contribution in [0.25, 0.3) is 11.4 Å². The van der Waals surface area contributed by atoms with E-state index in [1.165, 1.54) is 0 Å². The molecule has 9 nitrogen and oxygen atoms in total. The van der Waals surface area contributed by atoms with Crippen LogP contribution in [0.4, 0.5) is 0 Å². The standard InChI is InChI=1S/C19H25N5O4/c1-26-15-4-2-14(3-5-15)18-21-17(28-22-18)12-23-7-9-24(10-8-23)19(25)16-13-27-11-6-20-16/h2-5,16,20H,6-13H2,1H3. The summed E-state index contributed by atoms with van der Waals surface area (Å²) in [5.74, 6) is 2.05. The van der Waals surface area contributed by atoms with Crippen molar-refractivity contribution in [2.45, 2.75) is 12.6 Å². The predicted octanol–water partition coefficient (Wildman–Crippen LogP) is 0.378. The fourth-order valence-electron chi connectivity index (χ4n) is 3.44. The number of ether oxygens (including phenoxy) is 2. The van der Waals surface area contributed by atoms with Gasteiger partial charge in [0.15, 0.2) is 0 Å². The number of benzene rings is 1. The molecular formula is C19H25N5O4. The molecule has 2 aliphatic rings. The van der Waals surface area contributed by atoms with Crippen molar-refractivity contribution < 1.29 is 18.8 Å². The average molecular weight is 387 g/mol. The highest BCUT2D eigenvalue weighted by molar-refractivity contribution is 5.82. The van der Waals surface area contributed by atoms with Crippen LogP contribution in [0.3, 0.4) is 0 Å². The van der Waals surface area contributed by atoms with Gasteiger partial charge in [-0.3, -0.25) is 9.69 Å².